The number of carbonyl (C=O) groups is 1. The van der Waals surface area contributed by atoms with Gasteiger partial charge in [0.05, 0.1) is 30.0 Å². The molecule has 0 spiro atoms. The van der Waals surface area contributed by atoms with Crippen LogP contribution in [0.25, 0.3) is 0 Å². The van der Waals surface area contributed by atoms with Crippen molar-refractivity contribution in [2.45, 2.75) is 50.7 Å². The Kier molecular flexibility index (Phi) is 6.75. The Labute approximate surface area is 142 Å². The summed E-state index contributed by atoms with van der Waals surface area (Å²) in [5.41, 5.74) is 0.221. The van der Waals surface area contributed by atoms with Crippen molar-refractivity contribution in [3.8, 4) is 6.07 Å². The van der Waals surface area contributed by atoms with Crippen LogP contribution in [-0.4, -0.2) is 32.8 Å². The van der Waals surface area contributed by atoms with Gasteiger partial charge in [-0.2, -0.15) is 13.7 Å². The van der Waals surface area contributed by atoms with Crippen LogP contribution >= 0.6 is 0 Å². The molecule has 1 aromatic rings. The summed E-state index contributed by atoms with van der Waals surface area (Å²) in [6, 6.07) is 7.25. The summed E-state index contributed by atoms with van der Waals surface area (Å²) >= 11 is 0. The molecule has 0 aliphatic carbocycles. The molecule has 1 amide bonds. The fraction of sp³-hybridized carbons (Fsp3) is 0.500. The first-order chi connectivity index (χ1) is 11.0. The van der Waals surface area contributed by atoms with E-state index in [-0.39, 0.29) is 17.9 Å². The van der Waals surface area contributed by atoms with E-state index < -0.39 is 27.9 Å². The van der Waals surface area contributed by atoms with Gasteiger partial charge in [0, 0.05) is 0 Å². The zero-order valence-corrected chi connectivity index (χ0v) is 15.0. The highest BCUT2D eigenvalue weighted by Crippen LogP contribution is 2.14. The standard InChI is InChI=1S/C16H22N2O5S/c1-12-5-7-14(8-6-12)24(20,21)22-11-13(9-10-17)18-15(19)23-16(2,3)4/h5-8,13H,9,11H2,1-4H3,(H,18,19)/t13-/m0/s1. The number of nitrogens with one attached hydrogen (secondary N) is 1. The van der Waals surface area contributed by atoms with Crippen LogP contribution in [0, 0.1) is 18.3 Å². The number of aryl methyl sites for hydroxylation is 1. The van der Waals surface area contributed by atoms with Gasteiger partial charge in [-0.25, -0.2) is 4.79 Å². The molecule has 0 saturated heterocycles. The van der Waals surface area contributed by atoms with Gasteiger partial charge in [-0.1, -0.05) is 17.7 Å². The van der Waals surface area contributed by atoms with Gasteiger partial charge in [0.15, 0.2) is 0 Å². The van der Waals surface area contributed by atoms with E-state index in [2.05, 4.69) is 5.32 Å². The summed E-state index contributed by atoms with van der Waals surface area (Å²) in [7, 11) is -3.96. The van der Waals surface area contributed by atoms with Gasteiger partial charge in [0.2, 0.25) is 0 Å². The Morgan fingerprint density at radius 3 is 2.38 bits per heavy atom. The summed E-state index contributed by atoms with van der Waals surface area (Å²) in [4.78, 5) is 11.7. The second kappa shape index (κ2) is 8.13. The van der Waals surface area contributed by atoms with E-state index in [0.717, 1.165) is 5.56 Å². The van der Waals surface area contributed by atoms with Crippen molar-refractivity contribution in [2.75, 3.05) is 6.61 Å². The molecule has 0 saturated carbocycles. The van der Waals surface area contributed by atoms with Gasteiger partial charge in [0.25, 0.3) is 10.1 Å². The first-order valence-electron chi connectivity index (χ1n) is 7.36. The molecule has 132 valence electrons. The van der Waals surface area contributed by atoms with Crippen molar-refractivity contribution >= 4 is 16.2 Å². The van der Waals surface area contributed by atoms with Crippen molar-refractivity contribution < 1.29 is 22.1 Å². The second-order valence-electron chi connectivity index (χ2n) is 6.26. The zero-order valence-electron chi connectivity index (χ0n) is 14.2. The van der Waals surface area contributed by atoms with Crippen LogP contribution in [0.1, 0.15) is 32.8 Å². The summed E-state index contributed by atoms with van der Waals surface area (Å²) in [5.74, 6) is 0. The van der Waals surface area contributed by atoms with E-state index in [9.17, 15) is 13.2 Å². The Balaban J connectivity index is 2.70. The summed E-state index contributed by atoms with van der Waals surface area (Å²) in [5, 5.41) is 11.2. The highest BCUT2D eigenvalue weighted by molar-refractivity contribution is 7.86. The average Bonchev–Trinajstić information content (AvgIpc) is 2.43. The second-order valence-corrected chi connectivity index (χ2v) is 7.87. The van der Waals surface area contributed by atoms with E-state index >= 15 is 0 Å². The molecule has 0 heterocycles. The molecule has 0 fully saturated rings. The third kappa shape index (κ3) is 6.98. The SMILES string of the molecule is Cc1ccc(S(=O)(=O)OC[C@H](CC#N)NC(=O)OC(C)(C)C)cc1. The number of nitrogens with zero attached hydrogens (tertiary/aromatic N) is 1. The summed E-state index contributed by atoms with van der Waals surface area (Å²) in [6.07, 6.45) is -0.845. The van der Waals surface area contributed by atoms with Gasteiger partial charge in [-0.15, -0.1) is 0 Å². The Morgan fingerprint density at radius 2 is 1.88 bits per heavy atom. The molecule has 24 heavy (non-hydrogen) atoms. The van der Waals surface area contributed by atoms with Gasteiger partial charge >= 0.3 is 6.09 Å². The number of amides is 1. The number of hydrogen-bond acceptors (Lipinski definition) is 6. The minimum absolute atomic E-state index is 0.0149. The van der Waals surface area contributed by atoms with Crippen molar-refractivity contribution in [1.29, 1.82) is 5.26 Å². The number of nitriles is 1. The molecule has 1 atom stereocenters. The van der Waals surface area contributed by atoms with Crippen LogP contribution in [0.4, 0.5) is 4.79 Å². The molecule has 0 radical (unpaired) electrons. The lowest BCUT2D eigenvalue weighted by Crippen LogP contribution is -2.41. The minimum Gasteiger partial charge on any atom is -0.444 e. The Hall–Kier alpha value is -2.11. The van der Waals surface area contributed by atoms with Gasteiger partial charge in [-0.3, -0.25) is 4.18 Å². The van der Waals surface area contributed by atoms with Crippen molar-refractivity contribution in [3.63, 3.8) is 0 Å². The van der Waals surface area contributed by atoms with Crippen LogP contribution in [0.15, 0.2) is 29.2 Å². The number of benzene rings is 1. The van der Waals surface area contributed by atoms with E-state index in [1.807, 2.05) is 13.0 Å². The third-order valence-corrected chi connectivity index (χ3v) is 4.09. The average molecular weight is 354 g/mol. The highest BCUT2D eigenvalue weighted by Gasteiger charge is 2.22. The topological polar surface area (TPSA) is 105 Å². The lowest BCUT2D eigenvalue weighted by molar-refractivity contribution is 0.0489. The summed E-state index contributed by atoms with van der Waals surface area (Å²) < 4.78 is 34.3. The summed E-state index contributed by atoms with van der Waals surface area (Å²) in [6.45, 7) is 6.58. The fourth-order valence-electron chi connectivity index (χ4n) is 1.68. The molecule has 1 rings (SSSR count). The molecule has 0 aliphatic rings. The first kappa shape index (κ1) is 19.9. The number of alkyl carbamates (subject to hydrolysis) is 1. The number of hydrogen-bond donors (Lipinski definition) is 1. The first-order valence-corrected chi connectivity index (χ1v) is 8.77. The quantitative estimate of drug-likeness (QED) is 0.787. The van der Waals surface area contributed by atoms with Crippen molar-refractivity contribution in [3.05, 3.63) is 29.8 Å². The maximum Gasteiger partial charge on any atom is 0.407 e. The van der Waals surface area contributed by atoms with Gasteiger partial charge in [-0.05, 0) is 39.8 Å². The predicted molar refractivity (Wildman–Crippen MR) is 87.7 cm³/mol. The highest BCUT2D eigenvalue weighted by atomic mass is 32.2. The number of carbonyl (C=O) groups excluding carboxylic acids is 1. The maximum absolute atomic E-state index is 12.1. The van der Waals surface area contributed by atoms with Crippen molar-refractivity contribution in [1.82, 2.24) is 5.32 Å². The minimum atomic E-state index is -3.96. The Bertz CT molecular complexity index is 699. The number of rotatable bonds is 6. The van der Waals surface area contributed by atoms with Crippen LogP contribution in [0.5, 0.6) is 0 Å². The van der Waals surface area contributed by atoms with E-state index in [0.29, 0.717) is 0 Å². The molecular formula is C16H22N2O5S. The monoisotopic (exact) mass is 354 g/mol. The normalized spacial score (nSPS) is 13.0. The van der Waals surface area contributed by atoms with E-state index in [1.165, 1.54) is 12.1 Å². The lowest BCUT2D eigenvalue weighted by atomic mass is 10.2. The van der Waals surface area contributed by atoms with Gasteiger partial charge < -0.3 is 10.1 Å². The third-order valence-electron chi connectivity index (χ3n) is 2.79. The lowest BCUT2D eigenvalue weighted by Gasteiger charge is -2.22. The molecule has 0 unspecified atom stereocenters. The Morgan fingerprint density at radius 1 is 1.29 bits per heavy atom. The van der Waals surface area contributed by atoms with Crippen LogP contribution in [0.3, 0.4) is 0 Å². The molecule has 0 aliphatic heterocycles. The fourth-order valence-corrected chi connectivity index (χ4v) is 2.63. The molecule has 0 aromatic heterocycles. The maximum atomic E-state index is 12.1. The largest absolute Gasteiger partial charge is 0.444 e. The molecule has 7 nitrogen and oxygen atoms in total. The van der Waals surface area contributed by atoms with Crippen molar-refractivity contribution in [2.24, 2.45) is 0 Å². The molecular weight excluding hydrogens is 332 g/mol. The molecule has 1 N–H and O–H groups in total. The predicted octanol–water partition coefficient (Wildman–Crippen LogP) is 2.51. The van der Waals surface area contributed by atoms with Crippen LogP contribution < -0.4 is 5.32 Å². The number of ether oxygens (including phenoxy) is 1. The zero-order chi connectivity index (χ0) is 18.4. The van der Waals surface area contributed by atoms with E-state index in [4.69, 9.17) is 14.2 Å². The molecule has 8 heteroatoms. The smallest absolute Gasteiger partial charge is 0.407 e. The van der Waals surface area contributed by atoms with E-state index in [1.54, 1.807) is 32.9 Å². The van der Waals surface area contributed by atoms with Gasteiger partial charge in [0.1, 0.15) is 5.60 Å². The molecule has 0 bridgehead atoms. The molecule has 1 aromatic carbocycles. The van der Waals surface area contributed by atoms with Crippen LogP contribution in [0.2, 0.25) is 0 Å². The van der Waals surface area contributed by atoms with Crippen LogP contribution in [-0.2, 0) is 19.0 Å².